The molecule has 5 nitrogen and oxygen atoms in total. The molecule has 0 saturated carbocycles. The molecule has 1 atom stereocenters. The van der Waals surface area contributed by atoms with Gasteiger partial charge in [-0.2, -0.15) is 0 Å². The third-order valence-corrected chi connectivity index (χ3v) is 4.39. The standard InChI is InChI=1S/C18H19ClN4O/c1-3-5-7-13(4-2)14-8-6-11-22(14)17-10-9-16-20-12-15(18(19)24)23(16)21-17/h3-5,7,9-10,12,14H,2,6,8,11H2,1H3/b5-3-,13-7+. The highest BCUT2D eigenvalue weighted by Crippen LogP contribution is 2.29. The van der Waals surface area contributed by atoms with E-state index in [-0.39, 0.29) is 11.7 Å². The maximum Gasteiger partial charge on any atom is 0.272 e. The van der Waals surface area contributed by atoms with Crippen molar-refractivity contribution in [3.8, 4) is 0 Å². The predicted molar refractivity (Wildman–Crippen MR) is 96.6 cm³/mol. The first-order valence-electron chi connectivity index (χ1n) is 7.92. The minimum Gasteiger partial charge on any atom is -0.348 e. The van der Waals surface area contributed by atoms with E-state index in [1.54, 1.807) is 0 Å². The number of allylic oxidation sites excluding steroid dienone is 3. The van der Waals surface area contributed by atoms with Crippen LogP contribution < -0.4 is 4.90 Å². The number of hydrogen-bond acceptors (Lipinski definition) is 4. The second-order valence-corrected chi connectivity index (χ2v) is 5.97. The van der Waals surface area contributed by atoms with Crippen LogP contribution in [-0.4, -0.2) is 32.4 Å². The Morgan fingerprint density at radius 3 is 3.00 bits per heavy atom. The number of hydrogen-bond donors (Lipinski definition) is 0. The molecule has 0 radical (unpaired) electrons. The van der Waals surface area contributed by atoms with Crippen molar-refractivity contribution in [2.24, 2.45) is 0 Å². The number of aromatic nitrogens is 3. The molecule has 2 aromatic rings. The van der Waals surface area contributed by atoms with Crippen molar-refractivity contribution >= 4 is 28.3 Å². The van der Waals surface area contributed by atoms with Crippen LogP contribution in [-0.2, 0) is 0 Å². The summed E-state index contributed by atoms with van der Waals surface area (Å²) < 4.78 is 1.50. The first kappa shape index (κ1) is 16.5. The van der Waals surface area contributed by atoms with Crippen molar-refractivity contribution in [2.45, 2.75) is 25.8 Å². The Morgan fingerprint density at radius 1 is 1.46 bits per heavy atom. The molecule has 1 aliphatic rings. The number of fused-ring (bicyclic) bond motifs is 1. The lowest BCUT2D eigenvalue weighted by Gasteiger charge is -2.26. The van der Waals surface area contributed by atoms with Gasteiger partial charge in [-0.25, -0.2) is 9.50 Å². The van der Waals surface area contributed by atoms with Crippen molar-refractivity contribution in [3.05, 3.63) is 60.5 Å². The Balaban J connectivity index is 2.00. The van der Waals surface area contributed by atoms with Crippen LogP contribution >= 0.6 is 11.6 Å². The Hall–Kier alpha value is -2.40. The Morgan fingerprint density at radius 2 is 2.29 bits per heavy atom. The predicted octanol–water partition coefficient (Wildman–Crippen LogP) is 3.77. The van der Waals surface area contributed by atoms with Crippen molar-refractivity contribution in [2.75, 3.05) is 11.4 Å². The third kappa shape index (κ3) is 2.99. The van der Waals surface area contributed by atoms with E-state index in [0.29, 0.717) is 5.65 Å². The molecule has 1 saturated heterocycles. The lowest BCUT2D eigenvalue weighted by Crippen LogP contribution is -2.31. The second-order valence-electron chi connectivity index (χ2n) is 5.63. The van der Waals surface area contributed by atoms with Gasteiger partial charge in [-0.1, -0.05) is 30.9 Å². The Labute approximate surface area is 145 Å². The van der Waals surface area contributed by atoms with E-state index in [0.717, 1.165) is 30.8 Å². The van der Waals surface area contributed by atoms with Gasteiger partial charge in [0, 0.05) is 6.54 Å². The van der Waals surface area contributed by atoms with Gasteiger partial charge in [0.2, 0.25) is 0 Å². The van der Waals surface area contributed by atoms with Crippen molar-refractivity contribution < 1.29 is 4.79 Å². The van der Waals surface area contributed by atoms with Gasteiger partial charge in [-0.15, -0.1) is 5.10 Å². The lowest BCUT2D eigenvalue weighted by molar-refractivity contribution is 0.107. The van der Waals surface area contributed by atoms with Gasteiger partial charge < -0.3 is 4.90 Å². The van der Waals surface area contributed by atoms with Crippen molar-refractivity contribution in [3.63, 3.8) is 0 Å². The van der Waals surface area contributed by atoms with E-state index in [9.17, 15) is 4.79 Å². The highest BCUT2D eigenvalue weighted by Gasteiger charge is 2.28. The van der Waals surface area contributed by atoms with E-state index in [1.807, 2.05) is 37.3 Å². The van der Waals surface area contributed by atoms with Crippen molar-refractivity contribution in [1.82, 2.24) is 14.6 Å². The number of imidazole rings is 1. The smallest absolute Gasteiger partial charge is 0.272 e. The quantitative estimate of drug-likeness (QED) is 0.613. The van der Waals surface area contributed by atoms with Gasteiger partial charge in [0.25, 0.3) is 5.24 Å². The van der Waals surface area contributed by atoms with Crippen LogP contribution in [0.5, 0.6) is 0 Å². The van der Waals surface area contributed by atoms with Gasteiger partial charge >= 0.3 is 0 Å². The monoisotopic (exact) mass is 342 g/mol. The fourth-order valence-electron chi connectivity index (χ4n) is 3.06. The van der Waals surface area contributed by atoms with Gasteiger partial charge in [0.05, 0.1) is 12.2 Å². The van der Waals surface area contributed by atoms with Gasteiger partial charge in [0.1, 0.15) is 11.5 Å². The number of anilines is 1. The molecular weight excluding hydrogens is 324 g/mol. The molecule has 1 unspecified atom stereocenters. The maximum atomic E-state index is 11.5. The summed E-state index contributed by atoms with van der Waals surface area (Å²) in [5.41, 5.74) is 2.04. The SMILES string of the molecule is C=C/C(=C\C=C/C)C1CCCN1c1ccc2ncc(C(=O)Cl)n2n1. The minimum absolute atomic E-state index is 0.224. The number of halogens is 1. The first-order valence-corrected chi connectivity index (χ1v) is 8.30. The molecule has 3 heterocycles. The minimum atomic E-state index is -0.565. The summed E-state index contributed by atoms with van der Waals surface area (Å²) in [6, 6.07) is 4.01. The highest BCUT2D eigenvalue weighted by molar-refractivity contribution is 6.67. The molecule has 1 aliphatic heterocycles. The molecule has 0 amide bonds. The summed E-state index contributed by atoms with van der Waals surface area (Å²) in [4.78, 5) is 17.9. The molecule has 0 bridgehead atoms. The number of rotatable bonds is 5. The zero-order valence-electron chi connectivity index (χ0n) is 13.5. The average Bonchev–Trinajstić information content (AvgIpc) is 3.21. The summed E-state index contributed by atoms with van der Waals surface area (Å²) in [6.07, 6.45) is 11.6. The molecule has 0 aromatic carbocycles. The highest BCUT2D eigenvalue weighted by atomic mass is 35.5. The van der Waals surface area contributed by atoms with Crippen LogP contribution in [0, 0.1) is 0 Å². The molecule has 0 aliphatic carbocycles. The maximum absolute atomic E-state index is 11.5. The largest absolute Gasteiger partial charge is 0.348 e. The van der Waals surface area contributed by atoms with Crippen LogP contribution in [0.2, 0.25) is 0 Å². The zero-order valence-corrected chi connectivity index (χ0v) is 14.3. The molecule has 3 rings (SSSR count). The lowest BCUT2D eigenvalue weighted by atomic mass is 10.0. The third-order valence-electron chi connectivity index (χ3n) is 4.20. The van der Waals surface area contributed by atoms with E-state index >= 15 is 0 Å². The van der Waals surface area contributed by atoms with Gasteiger partial charge in [0.15, 0.2) is 5.65 Å². The molecule has 0 N–H and O–H groups in total. The Kier molecular flexibility index (Phi) is 4.81. The van der Waals surface area contributed by atoms with E-state index in [4.69, 9.17) is 11.6 Å². The summed E-state index contributed by atoms with van der Waals surface area (Å²) in [5, 5.41) is 4.02. The summed E-state index contributed by atoms with van der Waals surface area (Å²) >= 11 is 5.61. The number of carbonyl (C=O) groups excluding carboxylic acids is 1. The number of nitrogens with zero attached hydrogens (tertiary/aromatic N) is 4. The summed E-state index contributed by atoms with van der Waals surface area (Å²) in [7, 11) is 0. The zero-order chi connectivity index (χ0) is 17.1. The van der Waals surface area contributed by atoms with Crippen LogP contribution in [0.1, 0.15) is 30.3 Å². The molecule has 124 valence electrons. The fourth-order valence-corrected chi connectivity index (χ4v) is 3.19. The molecular formula is C18H19ClN4O. The van der Waals surface area contributed by atoms with E-state index < -0.39 is 5.24 Å². The van der Waals surface area contributed by atoms with Gasteiger partial charge in [-0.3, -0.25) is 4.79 Å². The van der Waals surface area contributed by atoms with Crippen LogP contribution in [0.15, 0.2) is 54.8 Å². The summed E-state index contributed by atoms with van der Waals surface area (Å²) in [6.45, 7) is 6.83. The molecule has 24 heavy (non-hydrogen) atoms. The normalized spacial score (nSPS) is 18.7. The number of carbonyl (C=O) groups is 1. The first-order chi connectivity index (χ1) is 11.7. The molecule has 0 spiro atoms. The summed E-state index contributed by atoms with van der Waals surface area (Å²) in [5.74, 6) is 0.801. The molecule has 1 fully saturated rings. The van der Waals surface area contributed by atoms with E-state index in [1.165, 1.54) is 10.7 Å². The van der Waals surface area contributed by atoms with Crippen LogP contribution in [0.25, 0.3) is 5.65 Å². The average molecular weight is 343 g/mol. The Bertz CT molecular complexity index is 837. The van der Waals surface area contributed by atoms with E-state index in [2.05, 4.69) is 27.6 Å². The van der Waals surface area contributed by atoms with Crippen LogP contribution in [0.4, 0.5) is 5.82 Å². The van der Waals surface area contributed by atoms with Crippen LogP contribution in [0.3, 0.4) is 0 Å². The van der Waals surface area contributed by atoms with Crippen molar-refractivity contribution in [1.29, 1.82) is 0 Å². The second kappa shape index (κ2) is 7.01. The molecule has 2 aromatic heterocycles. The van der Waals surface area contributed by atoms with Gasteiger partial charge in [-0.05, 0) is 49.1 Å². The topological polar surface area (TPSA) is 50.5 Å². The fraction of sp³-hybridized carbons (Fsp3) is 0.278. The molecule has 6 heteroatoms.